The van der Waals surface area contributed by atoms with E-state index in [1.807, 2.05) is 55.9 Å². The second-order valence-corrected chi connectivity index (χ2v) is 10.7. The number of hydrogen-bond acceptors (Lipinski definition) is 8. The Bertz CT molecular complexity index is 1180. The van der Waals surface area contributed by atoms with Gasteiger partial charge in [-0.25, -0.2) is 4.98 Å². The van der Waals surface area contributed by atoms with Gasteiger partial charge in [0.05, 0.1) is 17.8 Å². The highest BCUT2D eigenvalue weighted by Gasteiger charge is 2.58. The first-order chi connectivity index (χ1) is 18.0. The number of hydrogen-bond donors (Lipinski definition) is 3. The topological polar surface area (TPSA) is 130 Å². The Morgan fingerprint density at radius 3 is 2.47 bits per heavy atom. The molecule has 1 aromatic heterocycles. The Morgan fingerprint density at radius 1 is 1.11 bits per heavy atom. The van der Waals surface area contributed by atoms with Gasteiger partial charge in [0, 0.05) is 12.2 Å². The van der Waals surface area contributed by atoms with Crippen molar-refractivity contribution in [1.82, 2.24) is 20.4 Å². The molecule has 0 radical (unpaired) electrons. The van der Waals surface area contributed by atoms with E-state index in [0.717, 1.165) is 5.56 Å². The van der Waals surface area contributed by atoms with Crippen LogP contribution in [-0.4, -0.2) is 76.1 Å². The Morgan fingerprint density at radius 2 is 1.82 bits per heavy atom. The summed E-state index contributed by atoms with van der Waals surface area (Å²) >= 11 is 0. The fraction of sp³-hybridized carbons (Fsp3) is 0.481. The highest BCUT2D eigenvalue weighted by atomic mass is 16.7. The molecule has 10 nitrogen and oxygen atoms in total. The molecule has 204 valence electrons. The second-order valence-electron chi connectivity index (χ2n) is 10.7. The van der Waals surface area contributed by atoms with E-state index in [2.05, 4.69) is 15.6 Å². The van der Waals surface area contributed by atoms with Crippen LogP contribution < -0.4 is 10.6 Å². The summed E-state index contributed by atoms with van der Waals surface area (Å²) in [6.45, 7) is 7.20. The van der Waals surface area contributed by atoms with Gasteiger partial charge in [-0.2, -0.15) is 0 Å². The lowest BCUT2D eigenvalue weighted by Crippen LogP contribution is -2.68. The van der Waals surface area contributed by atoms with Crippen LogP contribution in [-0.2, 0) is 18.9 Å². The van der Waals surface area contributed by atoms with E-state index < -0.39 is 48.6 Å². The normalized spacial score (nSPS) is 25.4. The molecule has 2 amide bonds. The number of amides is 2. The lowest BCUT2D eigenvalue weighted by molar-refractivity contribution is -0.136. The molecule has 3 N–H and O–H groups in total. The molecule has 2 aromatic rings. The van der Waals surface area contributed by atoms with Crippen LogP contribution in [0.4, 0.5) is 0 Å². The third-order valence-electron chi connectivity index (χ3n) is 7.24. The predicted molar refractivity (Wildman–Crippen MR) is 143 cm³/mol. The van der Waals surface area contributed by atoms with Crippen LogP contribution >= 0.6 is 0 Å². The maximum Gasteiger partial charge on any atom is 0.396 e. The highest BCUT2D eigenvalue weighted by molar-refractivity contribution is 6.70. The number of aromatic nitrogens is 1. The molecule has 6 atom stereocenters. The maximum atomic E-state index is 13.5. The van der Waals surface area contributed by atoms with Gasteiger partial charge in [0.1, 0.15) is 11.7 Å². The lowest BCUT2D eigenvalue weighted by atomic mass is 9.59. The van der Waals surface area contributed by atoms with Crippen LogP contribution in [0.2, 0.25) is 0 Å². The van der Waals surface area contributed by atoms with E-state index in [1.165, 1.54) is 6.92 Å². The standard InChI is InChI=1S/C27H36BN4O6/c1-16(2)14-23(28-32(17(3)15-37-28)18(4)27(36)38-28)30-26(35)24(19(5)33)31-25(34)22-13-9-12-21(29-22)20-10-7-6-8-11-20/h6-13,16-19,23-24,33H,14-15H2,1-5H3,(H,30,35)(H,31,34)/q-1/t17-,18+,19-,23+,24+,28?/m1/s1. The fourth-order valence-electron chi connectivity index (χ4n) is 5.45. The van der Waals surface area contributed by atoms with Crippen molar-refractivity contribution in [3.05, 3.63) is 54.2 Å². The zero-order valence-corrected chi connectivity index (χ0v) is 22.5. The minimum absolute atomic E-state index is 0.0711. The number of carbonyl (C=O) groups is 3. The van der Waals surface area contributed by atoms with E-state index >= 15 is 0 Å². The molecule has 2 aliphatic heterocycles. The molecule has 2 fully saturated rings. The third kappa shape index (κ3) is 5.45. The summed E-state index contributed by atoms with van der Waals surface area (Å²) in [7, 11) is 0. The lowest BCUT2D eigenvalue weighted by Gasteiger charge is -2.45. The summed E-state index contributed by atoms with van der Waals surface area (Å²) in [6.07, 6.45) is -0.735. The number of benzene rings is 1. The molecular weight excluding hydrogens is 487 g/mol. The minimum Gasteiger partial charge on any atom is -0.651 e. The Hall–Kier alpha value is -3.28. The minimum atomic E-state index is -2.29. The monoisotopic (exact) mass is 523 g/mol. The van der Waals surface area contributed by atoms with Gasteiger partial charge in [0.25, 0.3) is 11.9 Å². The van der Waals surface area contributed by atoms with Gasteiger partial charge < -0.3 is 29.9 Å². The smallest absolute Gasteiger partial charge is 0.396 e. The van der Waals surface area contributed by atoms with Gasteiger partial charge in [-0.15, -0.1) is 0 Å². The first-order valence-electron chi connectivity index (χ1n) is 13.1. The maximum absolute atomic E-state index is 13.5. The van der Waals surface area contributed by atoms with Gasteiger partial charge in [0.15, 0.2) is 0 Å². The number of nitrogens with zero attached hydrogens (tertiary/aromatic N) is 2. The van der Waals surface area contributed by atoms with Crippen molar-refractivity contribution in [2.75, 3.05) is 6.61 Å². The number of aliphatic hydroxyl groups is 1. The molecule has 0 aliphatic carbocycles. The van der Waals surface area contributed by atoms with Crippen molar-refractivity contribution in [1.29, 1.82) is 0 Å². The zero-order valence-electron chi connectivity index (χ0n) is 22.5. The number of nitrogens with one attached hydrogen (secondary N) is 2. The van der Waals surface area contributed by atoms with Crippen molar-refractivity contribution in [2.45, 2.75) is 71.2 Å². The molecule has 1 aromatic carbocycles. The van der Waals surface area contributed by atoms with Crippen molar-refractivity contribution in [3.63, 3.8) is 0 Å². The summed E-state index contributed by atoms with van der Waals surface area (Å²) in [5.41, 5.74) is 1.57. The molecule has 1 unspecified atom stereocenters. The SMILES string of the molecule is CC(C)C[C@H](NC(=O)[C@@H](NC(=O)c1cccc(-c2ccccc2)n1)[C@@H](C)O)[B-]12OC[C@@H](C)N1[C@@H](C)C(=O)O2. The first-order valence-corrected chi connectivity index (χ1v) is 13.1. The molecule has 0 spiro atoms. The Kier molecular flexibility index (Phi) is 8.20. The van der Waals surface area contributed by atoms with E-state index in [4.69, 9.17) is 9.31 Å². The van der Waals surface area contributed by atoms with Crippen LogP contribution in [0.5, 0.6) is 0 Å². The van der Waals surface area contributed by atoms with Gasteiger partial charge in [0.2, 0.25) is 5.91 Å². The van der Waals surface area contributed by atoms with Crippen LogP contribution in [0.25, 0.3) is 11.3 Å². The number of aliphatic hydroxyl groups excluding tert-OH is 1. The first kappa shape index (κ1) is 27.8. The zero-order chi connectivity index (χ0) is 27.6. The number of carbonyl (C=O) groups excluding carboxylic acids is 3. The van der Waals surface area contributed by atoms with E-state index in [9.17, 15) is 19.5 Å². The van der Waals surface area contributed by atoms with Gasteiger partial charge in [-0.1, -0.05) is 63.6 Å². The van der Waals surface area contributed by atoms with E-state index in [0.29, 0.717) is 18.7 Å². The molecule has 0 bridgehead atoms. The molecule has 2 aliphatic rings. The average Bonchev–Trinajstić information content (AvgIpc) is 3.35. The molecule has 3 heterocycles. The van der Waals surface area contributed by atoms with Crippen molar-refractivity contribution in [3.8, 4) is 11.3 Å². The molecule has 38 heavy (non-hydrogen) atoms. The number of pyridine rings is 1. The van der Waals surface area contributed by atoms with Gasteiger partial charge >= 0.3 is 6.69 Å². The Balaban J connectivity index is 1.54. The van der Waals surface area contributed by atoms with Crippen LogP contribution in [0.15, 0.2) is 48.5 Å². The summed E-state index contributed by atoms with van der Waals surface area (Å²) in [5.74, 6) is -2.13. The molecule has 4 rings (SSSR count). The molecular formula is C27H36BN4O6-. The summed E-state index contributed by atoms with van der Waals surface area (Å²) in [4.78, 5) is 45.5. The van der Waals surface area contributed by atoms with Crippen LogP contribution in [0.1, 0.15) is 51.5 Å². The van der Waals surface area contributed by atoms with Crippen molar-refractivity contribution >= 4 is 24.5 Å². The van der Waals surface area contributed by atoms with Gasteiger partial charge in [-0.3, -0.25) is 14.4 Å². The van der Waals surface area contributed by atoms with E-state index in [1.54, 1.807) is 25.1 Å². The average molecular weight is 523 g/mol. The van der Waals surface area contributed by atoms with E-state index in [-0.39, 0.29) is 17.7 Å². The molecule has 11 heteroatoms. The molecule has 2 saturated heterocycles. The summed E-state index contributed by atoms with van der Waals surface area (Å²) in [5, 5.41) is 16.0. The number of fused-ring (bicyclic) bond motifs is 1. The van der Waals surface area contributed by atoms with Crippen LogP contribution in [0, 0.1) is 5.92 Å². The van der Waals surface area contributed by atoms with Crippen molar-refractivity contribution in [2.24, 2.45) is 5.92 Å². The summed E-state index contributed by atoms with van der Waals surface area (Å²) < 4.78 is 11.9. The number of rotatable bonds is 9. The quantitative estimate of drug-likeness (QED) is 0.425. The Labute approximate surface area is 223 Å². The predicted octanol–water partition coefficient (Wildman–Crippen LogP) is 1.90. The third-order valence-corrected chi connectivity index (χ3v) is 7.24. The fourth-order valence-corrected chi connectivity index (χ4v) is 5.45. The summed E-state index contributed by atoms with van der Waals surface area (Å²) in [6, 6.07) is 12.6. The van der Waals surface area contributed by atoms with Crippen LogP contribution in [0.3, 0.4) is 0 Å². The van der Waals surface area contributed by atoms with Crippen molar-refractivity contribution < 1.29 is 28.8 Å². The molecule has 0 saturated carbocycles. The van der Waals surface area contributed by atoms with Gasteiger partial charge in [-0.05, 0) is 43.9 Å². The largest absolute Gasteiger partial charge is 0.651 e. The highest BCUT2D eigenvalue weighted by Crippen LogP contribution is 2.37. The second kappa shape index (κ2) is 11.2.